The monoisotopic (exact) mass is 413 g/mol. The van der Waals surface area contributed by atoms with Crippen molar-refractivity contribution in [3.63, 3.8) is 0 Å². The summed E-state index contributed by atoms with van der Waals surface area (Å²) in [6.07, 6.45) is 0. The van der Waals surface area contributed by atoms with Gasteiger partial charge in [-0.2, -0.15) is 16.9 Å². The Morgan fingerprint density at radius 1 is 1.21 bits per heavy atom. The summed E-state index contributed by atoms with van der Waals surface area (Å²) >= 11 is 7.68. The predicted octanol–water partition coefficient (Wildman–Crippen LogP) is 4.91. The molecule has 0 radical (unpaired) electrons. The van der Waals surface area contributed by atoms with Crippen molar-refractivity contribution in [2.45, 2.75) is 25.4 Å². The Morgan fingerprint density at radius 2 is 2.00 bits per heavy atom. The highest BCUT2D eigenvalue weighted by Gasteiger charge is 2.25. The number of rotatable bonds is 5. The average Bonchev–Trinajstić information content (AvgIpc) is 3.24. The van der Waals surface area contributed by atoms with Crippen molar-refractivity contribution < 1.29 is 9.53 Å². The molecule has 0 atom stereocenters. The van der Waals surface area contributed by atoms with Gasteiger partial charge in [0.25, 0.3) is 5.91 Å². The zero-order chi connectivity index (χ0) is 19.7. The normalized spacial score (nSPS) is 12.7. The number of anilines is 1. The van der Waals surface area contributed by atoms with Crippen LogP contribution in [0.3, 0.4) is 0 Å². The quantitative estimate of drug-likeness (QED) is 0.645. The number of aryl methyl sites for hydroxylation is 2. The molecule has 0 spiro atoms. The molecule has 1 amide bonds. The molecule has 4 rings (SSSR count). The van der Waals surface area contributed by atoms with Crippen LogP contribution in [0.5, 0.6) is 5.75 Å². The molecule has 3 aromatic rings. The standard InChI is InChI=1S/C21H20ClN3O2S/c1-13-3-8-19(14(2)9-13)25-21(17-11-28-12-18(17)24-25)23-20(26)10-27-16-6-4-15(22)5-7-16/h3-9H,10-12H2,1-2H3,(H,23,26). The Kier molecular flexibility index (Phi) is 5.33. The minimum Gasteiger partial charge on any atom is -0.484 e. The third kappa shape index (κ3) is 3.88. The number of ether oxygens (including phenoxy) is 1. The topological polar surface area (TPSA) is 56.2 Å². The molecule has 1 aromatic heterocycles. The molecule has 1 N–H and O–H groups in total. The predicted molar refractivity (Wildman–Crippen MR) is 114 cm³/mol. The van der Waals surface area contributed by atoms with Crippen molar-refractivity contribution in [2.24, 2.45) is 0 Å². The van der Waals surface area contributed by atoms with Gasteiger partial charge in [0, 0.05) is 22.1 Å². The number of hydrogen-bond acceptors (Lipinski definition) is 4. The highest BCUT2D eigenvalue weighted by molar-refractivity contribution is 7.98. The molecular formula is C21H20ClN3O2S. The Morgan fingerprint density at radius 3 is 2.75 bits per heavy atom. The van der Waals surface area contributed by atoms with Gasteiger partial charge in [0.15, 0.2) is 6.61 Å². The van der Waals surface area contributed by atoms with Gasteiger partial charge in [-0.25, -0.2) is 4.68 Å². The number of carbonyl (C=O) groups is 1. The van der Waals surface area contributed by atoms with E-state index in [9.17, 15) is 4.79 Å². The number of nitrogens with zero attached hydrogens (tertiary/aromatic N) is 2. The van der Waals surface area contributed by atoms with E-state index in [-0.39, 0.29) is 12.5 Å². The summed E-state index contributed by atoms with van der Waals surface area (Å²) in [4.78, 5) is 12.6. The van der Waals surface area contributed by atoms with Crippen molar-refractivity contribution in [3.8, 4) is 11.4 Å². The van der Waals surface area contributed by atoms with Gasteiger partial charge >= 0.3 is 0 Å². The molecule has 0 saturated heterocycles. The summed E-state index contributed by atoms with van der Waals surface area (Å²) in [5.41, 5.74) is 5.39. The van der Waals surface area contributed by atoms with E-state index in [1.807, 2.05) is 10.7 Å². The van der Waals surface area contributed by atoms with Crippen LogP contribution in [0.15, 0.2) is 42.5 Å². The van der Waals surface area contributed by atoms with E-state index in [0.717, 1.165) is 39.8 Å². The van der Waals surface area contributed by atoms with Crippen LogP contribution in [0.25, 0.3) is 5.69 Å². The number of hydrogen-bond donors (Lipinski definition) is 1. The molecule has 0 fully saturated rings. The van der Waals surface area contributed by atoms with Crippen molar-refractivity contribution in [3.05, 3.63) is 69.9 Å². The highest BCUT2D eigenvalue weighted by Crippen LogP contribution is 2.36. The van der Waals surface area contributed by atoms with Crippen LogP contribution in [-0.4, -0.2) is 22.3 Å². The SMILES string of the molecule is Cc1ccc(-n2nc3c(c2NC(=O)COc2ccc(Cl)cc2)CSC3)c(C)c1. The number of thioether (sulfide) groups is 1. The summed E-state index contributed by atoms with van der Waals surface area (Å²) in [6.45, 7) is 4.04. The van der Waals surface area contributed by atoms with E-state index < -0.39 is 0 Å². The summed E-state index contributed by atoms with van der Waals surface area (Å²) in [7, 11) is 0. The average molecular weight is 414 g/mol. The molecular weight excluding hydrogens is 394 g/mol. The second-order valence-corrected chi connectivity index (χ2v) is 8.18. The molecule has 0 saturated carbocycles. The molecule has 7 heteroatoms. The molecule has 144 valence electrons. The van der Waals surface area contributed by atoms with Crippen molar-refractivity contribution >= 4 is 35.1 Å². The lowest BCUT2D eigenvalue weighted by molar-refractivity contribution is -0.118. The maximum Gasteiger partial charge on any atom is 0.263 e. The van der Waals surface area contributed by atoms with Gasteiger partial charge in [-0.1, -0.05) is 29.3 Å². The first kappa shape index (κ1) is 18.9. The fourth-order valence-corrected chi connectivity index (χ4v) is 4.37. The van der Waals surface area contributed by atoms with Crippen LogP contribution in [0.1, 0.15) is 22.4 Å². The second kappa shape index (κ2) is 7.89. The van der Waals surface area contributed by atoms with Crippen LogP contribution in [0.4, 0.5) is 5.82 Å². The highest BCUT2D eigenvalue weighted by atomic mass is 35.5. The van der Waals surface area contributed by atoms with Gasteiger partial charge in [-0.05, 0) is 49.7 Å². The smallest absolute Gasteiger partial charge is 0.263 e. The van der Waals surface area contributed by atoms with E-state index in [4.69, 9.17) is 21.4 Å². The third-order valence-corrected chi connectivity index (χ3v) is 5.80. The van der Waals surface area contributed by atoms with Gasteiger partial charge in [-0.15, -0.1) is 0 Å². The van der Waals surface area contributed by atoms with Gasteiger partial charge in [0.2, 0.25) is 0 Å². The largest absolute Gasteiger partial charge is 0.484 e. The summed E-state index contributed by atoms with van der Waals surface area (Å²) < 4.78 is 7.42. The van der Waals surface area contributed by atoms with E-state index in [0.29, 0.717) is 10.8 Å². The minimum atomic E-state index is -0.222. The molecule has 2 heterocycles. The Labute approximate surface area is 173 Å². The maximum absolute atomic E-state index is 12.6. The summed E-state index contributed by atoms with van der Waals surface area (Å²) in [6, 6.07) is 13.2. The molecule has 5 nitrogen and oxygen atoms in total. The maximum atomic E-state index is 12.6. The lowest BCUT2D eigenvalue weighted by Gasteiger charge is -2.14. The Balaban J connectivity index is 1.56. The second-order valence-electron chi connectivity index (χ2n) is 6.76. The lowest BCUT2D eigenvalue weighted by atomic mass is 10.1. The van der Waals surface area contributed by atoms with Gasteiger partial charge < -0.3 is 10.1 Å². The number of amides is 1. The van der Waals surface area contributed by atoms with Gasteiger partial charge in [-0.3, -0.25) is 4.79 Å². The molecule has 0 bridgehead atoms. The van der Waals surface area contributed by atoms with E-state index in [1.165, 1.54) is 5.56 Å². The number of fused-ring (bicyclic) bond motifs is 1. The van der Waals surface area contributed by atoms with Crippen LogP contribution in [-0.2, 0) is 16.3 Å². The van der Waals surface area contributed by atoms with E-state index in [1.54, 1.807) is 36.0 Å². The van der Waals surface area contributed by atoms with Crippen molar-refractivity contribution in [1.82, 2.24) is 9.78 Å². The fourth-order valence-electron chi connectivity index (χ4n) is 3.21. The van der Waals surface area contributed by atoms with Gasteiger partial charge in [0.1, 0.15) is 11.6 Å². The summed E-state index contributed by atoms with van der Waals surface area (Å²) in [5.74, 6) is 2.81. The zero-order valence-corrected chi connectivity index (χ0v) is 17.2. The number of nitrogens with one attached hydrogen (secondary N) is 1. The lowest BCUT2D eigenvalue weighted by Crippen LogP contribution is -2.22. The number of halogens is 1. The molecule has 1 aliphatic rings. The van der Waals surface area contributed by atoms with Crippen molar-refractivity contribution in [2.75, 3.05) is 11.9 Å². The molecule has 2 aromatic carbocycles. The molecule has 0 unspecified atom stereocenters. The third-order valence-electron chi connectivity index (χ3n) is 4.57. The van der Waals surface area contributed by atoms with E-state index in [2.05, 4.69) is 31.3 Å². The number of benzene rings is 2. The Hall–Kier alpha value is -2.44. The first-order valence-electron chi connectivity index (χ1n) is 8.95. The van der Waals surface area contributed by atoms with E-state index >= 15 is 0 Å². The fraction of sp³-hybridized carbons (Fsp3) is 0.238. The molecule has 1 aliphatic heterocycles. The summed E-state index contributed by atoms with van der Waals surface area (Å²) in [5, 5.41) is 8.40. The van der Waals surface area contributed by atoms with Crippen LogP contribution in [0, 0.1) is 13.8 Å². The van der Waals surface area contributed by atoms with Crippen LogP contribution < -0.4 is 10.1 Å². The van der Waals surface area contributed by atoms with Crippen LogP contribution in [0.2, 0.25) is 5.02 Å². The number of carbonyl (C=O) groups excluding carboxylic acids is 1. The van der Waals surface area contributed by atoms with Crippen LogP contribution >= 0.6 is 23.4 Å². The first-order valence-corrected chi connectivity index (χ1v) is 10.5. The molecule has 0 aliphatic carbocycles. The Bertz CT molecular complexity index is 1030. The minimum absolute atomic E-state index is 0.0817. The van der Waals surface area contributed by atoms with Crippen molar-refractivity contribution in [1.29, 1.82) is 0 Å². The van der Waals surface area contributed by atoms with Gasteiger partial charge in [0.05, 0.1) is 11.4 Å². The number of aromatic nitrogens is 2. The zero-order valence-electron chi connectivity index (χ0n) is 15.7. The first-order chi connectivity index (χ1) is 13.5. The molecule has 28 heavy (non-hydrogen) atoms.